The summed E-state index contributed by atoms with van der Waals surface area (Å²) in [6, 6.07) is 1.78. The molecule has 1 aliphatic rings. The maximum absolute atomic E-state index is 12.3. The average molecular weight is 278 g/mol. The van der Waals surface area contributed by atoms with Crippen molar-refractivity contribution in [3.05, 3.63) is 11.9 Å². The summed E-state index contributed by atoms with van der Waals surface area (Å²) in [5.74, 6) is 7.54. The Morgan fingerprint density at radius 3 is 2.70 bits per heavy atom. The first-order chi connectivity index (χ1) is 9.40. The van der Waals surface area contributed by atoms with Crippen molar-refractivity contribution in [1.82, 2.24) is 14.9 Å². The Hall–Kier alpha value is -1.89. The Balaban J connectivity index is 2.42. The number of amides is 1. The molecule has 0 spiro atoms. The van der Waals surface area contributed by atoms with Crippen molar-refractivity contribution in [3.8, 4) is 0 Å². The highest BCUT2D eigenvalue weighted by molar-refractivity contribution is 5.90. The van der Waals surface area contributed by atoms with E-state index in [1.54, 1.807) is 11.0 Å². The van der Waals surface area contributed by atoms with E-state index in [1.807, 2.05) is 32.7 Å². The summed E-state index contributed by atoms with van der Waals surface area (Å²) in [6.45, 7) is 7.22. The minimum Gasteiger partial charge on any atom is -0.342 e. The predicted molar refractivity (Wildman–Crippen MR) is 78.3 cm³/mol. The van der Waals surface area contributed by atoms with E-state index in [0.717, 1.165) is 12.4 Å². The van der Waals surface area contributed by atoms with Crippen molar-refractivity contribution in [1.29, 1.82) is 0 Å². The van der Waals surface area contributed by atoms with Crippen LogP contribution in [0.25, 0.3) is 0 Å². The van der Waals surface area contributed by atoms with Crippen LogP contribution in [0.5, 0.6) is 0 Å². The number of hydrazine groups is 1. The number of aromatic nitrogens is 2. The summed E-state index contributed by atoms with van der Waals surface area (Å²) in [5.41, 5.74) is 1.93. The Morgan fingerprint density at radius 1 is 1.40 bits per heavy atom. The maximum Gasteiger partial charge on any atom is 0.247 e. The topological polar surface area (TPSA) is 87.4 Å². The molecule has 1 aromatic heterocycles. The molecule has 1 aliphatic heterocycles. The average Bonchev–Trinajstić information content (AvgIpc) is 2.44. The number of nitrogen functional groups attached to an aromatic ring is 1. The number of likely N-dealkylation sites (N-methyl/N-ethyl adjacent to an activating group) is 1. The third-order valence-electron chi connectivity index (χ3n) is 3.70. The van der Waals surface area contributed by atoms with Gasteiger partial charge in [0.15, 0.2) is 0 Å². The van der Waals surface area contributed by atoms with Gasteiger partial charge in [-0.3, -0.25) is 4.79 Å². The molecule has 0 unspecified atom stereocenters. The lowest BCUT2D eigenvalue weighted by Crippen LogP contribution is -2.62. The summed E-state index contributed by atoms with van der Waals surface area (Å²) < 4.78 is 0. The van der Waals surface area contributed by atoms with Crippen LogP contribution < -0.4 is 16.2 Å². The molecule has 3 N–H and O–H groups in total. The van der Waals surface area contributed by atoms with Gasteiger partial charge in [-0.15, -0.1) is 0 Å². The molecule has 0 atom stereocenters. The molecule has 7 heteroatoms. The van der Waals surface area contributed by atoms with E-state index in [1.165, 1.54) is 0 Å². The molecule has 1 fully saturated rings. The zero-order valence-electron chi connectivity index (χ0n) is 12.5. The van der Waals surface area contributed by atoms with Crippen LogP contribution in [-0.4, -0.2) is 46.5 Å². The van der Waals surface area contributed by atoms with E-state index in [0.29, 0.717) is 24.6 Å². The van der Waals surface area contributed by atoms with E-state index in [9.17, 15) is 4.79 Å². The van der Waals surface area contributed by atoms with Gasteiger partial charge in [0.05, 0.1) is 0 Å². The summed E-state index contributed by atoms with van der Waals surface area (Å²) in [7, 11) is 1.83. The summed E-state index contributed by atoms with van der Waals surface area (Å²) in [4.78, 5) is 24.9. The molecule has 2 rings (SSSR count). The van der Waals surface area contributed by atoms with Gasteiger partial charge < -0.3 is 15.2 Å². The normalized spacial score (nSPS) is 18.4. The lowest BCUT2D eigenvalue weighted by molar-refractivity contribution is -0.136. The molecule has 1 aromatic rings. The number of carbonyl (C=O) groups is 1. The Labute approximate surface area is 119 Å². The van der Waals surface area contributed by atoms with Crippen LogP contribution in [0.2, 0.25) is 0 Å². The van der Waals surface area contributed by atoms with E-state index in [4.69, 9.17) is 5.84 Å². The van der Waals surface area contributed by atoms with Gasteiger partial charge in [-0.05, 0) is 13.8 Å². The van der Waals surface area contributed by atoms with Crippen molar-refractivity contribution in [2.45, 2.75) is 32.7 Å². The number of aryl methyl sites for hydroxylation is 1. The fourth-order valence-corrected chi connectivity index (χ4v) is 2.47. The minimum absolute atomic E-state index is 0.0858. The largest absolute Gasteiger partial charge is 0.342 e. The quantitative estimate of drug-likeness (QED) is 0.614. The molecule has 0 aliphatic carbocycles. The molecule has 20 heavy (non-hydrogen) atoms. The molecular formula is C13H22N6O. The highest BCUT2D eigenvalue weighted by Gasteiger charge is 2.41. The van der Waals surface area contributed by atoms with Gasteiger partial charge in [0.2, 0.25) is 5.91 Å². The van der Waals surface area contributed by atoms with Crippen LogP contribution in [0.1, 0.15) is 26.6 Å². The molecule has 0 saturated carbocycles. The smallest absolute Gasteiger partial charge is 0.247 e. The van der Waals surface area contributed by atoms with Crippen molar-refractivity contribution < 1.29 is 4.79 Å². The highest BCUT2D eigenvalue weighted by atomic mass is 16.2. The minimum atomic E-state index is -0.627. The van der Waals surface area contributed by atoms with E-state index >= 15 is 0 Å². The fourth-order valence-electron chi connectivity index (χ4n) is 2.47. The van der Waals surface area contributed by atoms with Crippen LogP contribution in [0.3, 0.4) is 0 Å². The molecule has 0 radical (unpaired) electrons. The van der Waals surface area contributed by atoms with Crippen LogP contribution in [0, 0.1) is 0 Å². The predicted octanol–water partition coefficient (Wildman–Crippen LogP) is 0.382. The summed E-state index contributed by atoms with van der Waals surface area (Å²) in [6.07, 6.45) is 0.713. The first kappa shape index (κ1) is 14.5. The first-order valence-corrected chi connectivity index (χ1v) is 6.78. The number of hydrogen-bond donors (Lipinski definition) is 2. The van der Waals surface area contributed by atoms with Crippen LogP contribution in [0.15, 0.2) is 6.07 Å². The van der Waals surface area contributed by atoms with Gasteiger partial charge in [-0.2, -0.15) is 0 Å². The number of nitrogens with one attached hydrogen (secondary N) is 1. The fraction of sp³-hybridized carbons (Fsp3) is 0.615. The summed E-state index contributed by atoms with van der Waals surface area (Å²) in [5, 5.41) is 0. The third kappa shape index (κ3) is 2.40. The van der Waals surface area contributed by atoms with E-state index in [-0.39, 0.29) is 5.91 Å². The zero-order valence-corrected chi connectivity index (χ0v) is 12.5. The Kier molecular flexibility index (Phi) is 3.80. The van der Waals surface area contributed by atoms with E-state index in [2.05, 4.69) is 15.4 Å². The first-order valence-electron chi connectivity index (χ1n) is 6.78. The van der Waals surface area contributed by atoms with Crippen molar-refractivity contribution in [2.75, 3.05) is 30.5 Å². The second-order valence-electron chi connectivity index (χ2n) is 5.46. The van der Waals surface area contributed by atoms with E-state index < -0.39 is 5.54 Å². The Morgan fingerprint density at radius 2 is 2.10 bits per heavy atom. The lowest BCUT2D eigenvalue weighted by atomic mass is 9.98. The zero-order chi connectivity index (χ0) is 14.9. The molecule has 110 valence electrons. The van der Waals surface area contributed by atoms with Crippen molar-refractivity contribution in [3.63, 3.8) is 0 Å². The second-order valence-corrected chi connectivity index (χ2v) is 5.46. The van der Waals surface area contributed by atoms with Crippen LogP contribution in [0.4, 0.5) is 11.6 Å². The van der Waals surface area contributed by atoms with Gasteiger partial charge in [0.1, 0.15) is 23.0 Å². The monoisotopic (exact) mass is 278 g/mol. The van der Waals surface area contributed by atoms with Gasteiger partial charge >= 0.3 is 0 Å². The molecule has 7 nitrogen and oxygen atoms in total. The third-order valence-corrected chi connectivity index (χ3v) is 3.70. The molecule has 0 bridgehead atoms. The molecule has 0 aromatic carbocycles. The maximum atomic E-state index is 12.3. The number of hydrogen-bond acceptors (Lipinski definition) is 6. The number of nitrogens with zero attached hydrogens (tertiary/aromatic N) is 4. The van der Waals surface area contributed by atoms with Crippen LogP contribution in [-0.2, 0) is 11.2 Å². The molecule has 1 amide bonds. The summed E-state index contributed by atoms with van der Waals surface area (Å²) >= 11 is 0. The number of nitrogens with two attached hydrogens (primary N) is 1. The molecule has 2 heterocycles. The van der Waals surface area contributed by atoms with Gasteiger partial charge in [0, 0.05) is 32.6 Å². The molecular weight excluding hydrogens is 256 g/mol. The van der Waals surface area contributed by atoms with Crippen molar-refractivity contribution in [2.24, 2.45) is 5.84 Å². The number of carbonyl (C=O) groups excluding carboxylic acids is 1. The van der Waals surface area contributed by atoms with Gasteiger partial charge in [0.25, 0.3) is 0 Å². The Bertz CT molecular complexity index is 493. The SMILES string of the molecule is CCc1nc(NN)cc(N2CCN(C)C(=O)C2(C)C)n1. The molecule has 1 saturated heterocycles. The van der Waals surface area contributed by atoms with Gasteiger partial charge in [-0.1, -0.05) is 6.92 Å². The highest BCUT2D eigenvalue weighted by Crippen LogP contribution is 2.28. The number of piperazine rings is 1. The second kappa shape index (κ2) is 5.24. The number of anilines is 2. The van der Waals surface area contributed by atoms with Gasteiger partial charge in [-0.25, -0.2) is 15.8 Å². The number of rotatable bonds is 3. The van der Waals surface area contributed by atoms with Crippen LogP contribution >= 0.6 is 0 Å². The van der Waals surface area contributed by atoms with Crippen molar-refractivity contribution >= 4 is 17.5 Å². The lowest BCUT2D eigenvalue weighted by Gasteiger charge is -2.45. The standard InChI is InChI=1S/C13H22N6O/c1-5-9-15-10(17-14)8-11(16-9)19-7-6-18(4)12(20)13(19,2)3/h8H,5-7,14H2,1-4H3,(H,15,16,17).